The first kappa shape index (κ1) is 26.0. The first-order valence-electron chi connectivity index (χ1n) is 11.9. The van der Waals surface area contributed by atoms with Crippen molar-refractivity contribution in [2.24, 2.45) is 0 Å². The number of carbonyl (C=O) groups excluding carboxylic acids is 1. The fraction of sp³-hybridized carbons (Fsp3) is 0.500. The van der Waals surface area contributed by atoms with Gasteiger partial charge >= 0.3 is 0 Å². The summed E-state index contributed by atoms with van der Waals surface area (Å²) in [7, 11) is -2.00. The minimum atomic E-state index is -3.55. The number of carbonyl (C=O) groups is 1. The molecule has 1 aliphatic rings. The first-order valence-corrected chi connectivity index (χ1v) is 13.3. The van der Waals surface area contributed by atoms with Crippen LogP contribution in [0.4, 0.5) is 0 Å². The van der Waals surface area contributed by atoms with Gasteiger partial charge in [0.05, 0.1) is 18.0 Å². The quantitative estimate of drug-likeness (QED) is 0.546. The molecule has 3 rings (SSSR count). The molecule has 8 heteroatoms. The van der Waals surface area contributed by atoms with Crippen LogP contribution in [0.2, 0.25) is 0 Å². The second-order valence-corrected chi connectivity index (χ2v) is 10.9. The van der Waals surface area contributed by atoms with Crippen molar-refractivity contribution in [1.29, 1.82) is 0 Å². The highest BCUT2D eigenvalue weighted by molar-refractivity contribution is 7.89. The van der Waals surface area contributed by atoms with Crippen LogP contribution in [-0.2, 0) is 21.2 Å². The maximum atomic E-state index is 13.0. The Labute approximate surface area is 203 Å². The summed E-state index contributed by atoms with van der Waals surface area (Å²) in [6.45, 7) is 7.44. The fourth-order valence-corrected chi connectivity index (χ4v) is 5.60. The number of sulfonamides is 1. The molecular formula is C26H36N2O5S. The molecular weight excluding hydrogens is 452 g/mol. The van der Waals surface area contributed by atoms with Crippen LogP contribution >= 0.6 is 0 Å². The van der Waals surface area contributed by atoms with Crippen LogP contribution in [0.1, 0.15) is 49.3 Å². The van der Waals surface area contributed by atoms with E-state index < -0.39 is 10.0 Å². The monoisotopic (exact) mass is 488 g/mol. The van der Waals surface area contributed by atoms with E-state index in [0.717, 1.165) is 30.6 Å². The number of ether oxygens (including phenoxy) is 2. The number of nitrogens with zero attached hydrogens (tertiary/aromatic N) is 1. The third kappa shape index (κ3) is 6.73. The van der Waals surface area contributed by atoms with Crippen LogP contribution in [-0.4, -0.2) is 51.5 Å². The number of aryl methyl sites for hydroxylation is 3. The minimum absolute atomic E-state index is 0.123. The fourth-order valence-electron chi connectivity index (χ4n) is 4.03. The number of rotatable bonds is 10. The molecule has 0 aliphatic carbocycles. The molecule has 1 amide bonds. The standard InChI is InChI=1S/C26H36N2O5S/c1-19-8-10-23(16-20(19)2)33-18-21(3)27-26(29)13-9-22-17-24(11-12-25(22)32-4)34(30,31)28-14-6-5-7-15-28/h8,10-12,16-17,21H,5-7,9,13-15,18H2,1-4H3,(H,27,29)/t21-/m0/s1. The summed E-state index contributed by atoms with van der Waals surface area (Å²) in [4.78, 5) is 12.8. The summed E-state index contributed by atoms with van der Waals surface area (Å²) >= 11 is 0. The molecule has 1 heterocycles. The number of hydrogen-bond acceptors (Lipinski definition) is 5. The van der Waals surface area contributed by atoms with E-state index in [2.05, 4.69) is 12.2 Å². The van der Waals surface area contributed by atoms with Gasteiger partial charge in [0.25, 0.3) is 0 Å². The van der Waals surface area contributed by atoms with E-state index in [0.29, 0.717) is 37.4 Å². The highest BCUT2D eigenvalue weighted by Crippen LogP contribution is 2.27. The average molecular weight is 489 g/mol. The molecule has 34 heavy (non-hydrogen) atoms. The summed E-state index contributed by atoms with van der Waals surface area (Å²) < 4.78 is 38.9. The van der Waals surface area contributed by atoms with Crippen molar-refractivity contribution >= 4 is 15.9 Å². The van der Waals surface area contributed by atoms with Crippen molar-refractivity contribution in [2.75, 3.05) is 26.8 Å². The van der Waals surface area contributed by atoms with E-state index in [1.165, 1.54) is 5.56 Å². The molecule has 186 valence electrons. The topological polar surface area (TPSA) is 84.9 Å². The highest BCUT2D eigenvalue weighted by atomic mass is 32.2. The maximum absolute atomic E-state index is 13.0. The Morgan fingerprint density at radius 1 is 1.06 bits per heavy atom. The Hall–Kier alpha value is -2.58. The number of nitrogens with one attached hydrogen (secondary N) is 1. The van der Waals surface area contributed by atoms with Gasteiger partial charge in [0.15, 0.2) is 0 Å². The van der Waals surface area contributed by atoms with E-state index in [1.807, 2.05) is 32.0 Å². The molecule has 1 atom stereocenters. The second-order valence-electron chi connectivity index (χ2n) is 8.96. The van der Waals surface area contributed by atoms with Gasteiger partial charge in [-0.05, 0) is 87.1 Å². The molecule has 2 aromatic carbocycles. The molecule has 1 saturated heterocycles. The van der Waals surface area contributed by atoms with Crippen LogP contribution in [0, 0.1) is 13.8 Å². The zero-order valence-corrected chi connectivity index (χ0v) is 21.4. The Kier molecular flexibility index (Phi) is 8.97. The van der Waals surface area contributed by atoms with Gasteiger partial charge < -0.3 is 14.8 Å². The van der Waals surface area contributed by atoms with Gasteiger partial charge in [-0.25, -0.2) is 8.42 Å². The number of methoxy groups -OCH3 is 1. The molecule has 0 saturated carbocycles. The predicted molar refractivity (Wildman–Crippen MR) is 133 cm³/mol. The third-order valence-electron chi connectivity index (χ3n) is 6.21. The second kappa shape index (κ2) is 11.7. The van der Waals surface area contributed by atoms with Crippen molar-refractivity contribution in [2.45, 2.75) is 63.8 Å². The molecule has 0 bridgehead atoms. The summed E-state index contributed by atoms with van der Waals surface area (Å²) in [5.74, 6) is 1.24. The Morgan fingerprint density at radius 3 is 2.47 bits per heavy atom. The van der Waals surface area contributed by atoms with Crippen molar-refractivity contribution in [3.8, 4) is 11.5 Å². The number of amides is 1. The normalized spacial score (nSPS) is 15.5. The maximum Gasteiger partial charge on any atom is 0.243 e. The SMILES string of the molecule is COc1ccc(S(=O)(=O)N2CCCCC2)cc1CCC(=O)N[C@@H](C)COc1ccc(C)c(C)c1. The van der Waals surface area contributed by atoms with Gasteiger partial charge in [-0.1, -0.05) is 12.5 Å². The van der Waals surface area contributed by atoms with Crippen LogP contribution < -0.4 is 14.8 Å². The smallest absolute Gasteiger partial charge is 0.243 e. The molecule has 2 aromatic rings. The van der Waals surface area contributed by atoms with E-state index in [4.69, 9.17) is 9.47 Å². The molecule has 7 nitrogen and oxygen atoms in total. The lowest BCUT2D eigenvalue weighted by Crippen LogP contribution is -2.37. The van der Waals surface area contributed by atoms with E-state index >= 15 is 0 Å². The Balaban J connectivity index is 1.57. The molecule has 0 unspecified atom stereocenters. The van der Waals surface area contributed by atoms with Gasteiger partial charge in [-0.2, -0.15) is 4.31 Å². The summed E-state index contributed by atoms with van der Waals surface area (Å²) in [5.41, 5.74) is 3.07. The van der Waals surface area contributed by atoms with E-state index in [-0.39, 0.29) is 23.3 Å². The summed E-state index contributed by atoms with van der Waals surface area (Å²) in [6, 6.07) is 10.7. The molecule has 1 aliphatic heterocycles. The molecule has 1 N–H and O–H groups in total. The largest absolute Gasteiger partial charge is 0.496 e. The van der Waals surface area contributed by atoms with Gasteiger partial charge in [0.2, 0.25) is 15.9 Å². The first-order chi connectivity index (χ1) is 16.2. The number of hydrogen-bond donors (Lipinski definition) is 1. The minimum Gasteiger partial charge on any atom is -0.496 e. The lowest BCUT2D eigenvalue weighted by atomic mass is 10.1. The predicted octanol–water partition coefficient (Wildman–Crippen LogP) is 4.00. The summed E-state index contributed by atoms with van der Waals surface area (Å²) in [6.07, 6.45) is 3.42. The zero-order valence-electron chi connectivity index (χ0n) is 20.6. The average Bonchev–Trinajstić information content (AvgIpc) is 2.83. The van der Waals surface area contributed by atoms with Crippen molar-refractivity contribution in [3.05, 3.63) is 53.1 Å². The van der Waals surface area contributed by atoms with Crippen LogP contribution in [0.15, 0.2) is 41.3 Å². The molecule has 0 aromatic heterocycles. The highest BCUT2D eigenvalue weighted by Gasteiger charge is 2.26. The zero-order chi connectivity index (χ0) is 24.7. The van der Waals surface area contributed by atoms with E-state index in [9.17, 15) is 13.2 Å². The van der Waals surface area contributed by atoms with Gasteiger partial charge in [0, 0.05) is 19.5 Å². The van der Waals surface area contributed by atoms with Crippen LogP contribution in [0.3, 0.4) is 0 Å². The van der Waals surface area contributed by atoms with Crippen molar-refractivity contribution < 1.29 is 22.7 Å². The van der Waals surface area contributed by atoms with Crippen LogP contribution in [0.25, 0.3) is 0 Å². The lowest BCUT2D eigenvalue weighted by molar-refractivity contribution is -0.121. The number of piperidine rings is 1. The number of benzene rings is 2. The molecule has 0 spiro atoms. The lowest BCUT2D eigenvalue weighted by Gasteiger charge is -2.26. The third-order valence-corrected chi connectivity index (χ3v) is 8.11. The van der Waals surface area contributed by atoms with E-state index in [1.54, 1.807) is 29.6 Å². The van der Waals surface area contributed by atoms with Crippen molar-refractivity contribution in [3.63, 3.8) is 0 Å². The summed E-state index contributed by atoms with van der Waals surface area (Å²) in [5, 5.41) is 2.95. The Bertz CT molecular complexity index is 1090. The van der Waals surface area contributed by atoms with Crippen molar-refractivity contribution in [1.82, 2.24) is 9.62 Å². The van der Waals surface area contributed by atoms with Gasteiger partial charge in [-0.3, -0.25) is 4.79 Å². The van der Waals surface area contributed by atoms with Gasteiger partial charge in [0.1, 0.15) is 18.1 Å². The Morgan fingerprint density at radius 2 is 1.79 bits per heavy atom. The molecule has 0 radical (unpaired) electrons. The molecule has 1 fully saturated rings. The van der Waals surface area contributed by atoms with Crippen LogP contribution in [0.5, 0.6) is 11.5 Å². The van der Waals surface area contributed by atoms with Gasteiger partial charge in [-0.15, -0.1) is 0 Å².